The van der Waals surface area contributed by atoms with Crippen LogP contribution in [0.2, 0.25) is 0 Å². The number of hydrogen-bond donors (Lipinski definition) is 1. The summed E-state index contributed by atoms with van der Waals surface area (Å²) in [7, 11) is 0. The molecular formula is C7H5BrClF2NO. The fourth-order valence-corrected chi connectivity index (χ4v) is 1.84. The lowest BCUT2D eigenvalue weighted by Gasteiger charge is -2.06. The van der Waals surface area contributed by atoms with Gasteiger partial charge in [-0.25, -0.2) is 8.78 Å². The summed E-state index contributed by atoms with van der Waals surface area (Å²) in [5.41, 5.74) is -1.22. The maximum absolute atomic E-state index is 12.4. The maximum Gasteiger partial charge on any atom is 0.269 e. The van der Waals surface area contributed by atoms with E-state index in [-0.39, 0.29) is 11.4 Å². The second-order valence-corrected chi connectivity index (χ2v) is 3.41. The van der Waals surface area contributed by atoms with Crippen LogP contribution in [-0.4, -0.2) is 4.98 Å². The van der Waals surface area contributed by atoms with Crippen molar-refractivity contribution in [1.29, 1.82) is 0 Å². The predicted octanol–water partition coefficient (Wildman–Crippen LogP) is 2.81. The van der Waals surface area contributed by atoms with E-state index >= 15 is 0 Å². The van der Waals surface area contributed by atoms with E-state index < -0.39 is 17.5 Å². The summed E-state index contributed by atoms with van der Waals surface area (Å²) in [5, 5.41) is 0. The van der Waals surface area contributed by atoms with Crippen LogP contribution >= 0.6 is 27.5 Å². The first kappa shape index (κ1) is 10.7. The summed E-state index contributed by atoms with van der Waals surface area (Å²) in [6, 6.07) is 0. The Balaban J connectivity index is 3.44. The zero-order valence-corrected chi connectivity index (χ0v) is 8.62. The van der Waals surface area contributed by atoms with E-state index in [1.807, 2.05) is 0 Å². The fraction of sp³-hybridized carbons (Fsp3) is 0.286. The van der Waals surface area contributed by atoms with Gasteiger partial charge in [0.25, 0.3) is 12.0 Å². The minimum Gasteiger partial charge on any atom is -0.328 e. The fourth-order valence-electron chi connectivity index (χ4n) is 0.926. The number of aromatic amines is 1. The van der Waals surface area contributed by atoms with Crippen LogP contribution in [0.15, 0.2) is 15.5 Å². The highest BCUT2D eigenvalue weighted by molar-refractivity contribution is 9.10. The van der Waals surface area contributed by atoms with Gasteiger partial charge in [-0.3, -0.25) is 4.79 Å². The van der Waals surface area contributed by atoms with Gasteiger partial charge in [-0.15, -0.1) is 11.6 Å². The average molecular weight is 272 g/mol. The molecule has 0 amide bonds. The van der Waals surface area contributed by atoms with Crippen LogP contribution in [0.1, 0.15) is 17.6 Å². The van der Waals surface area contributed by atoms with Crippen LogP contribution in [0.3, 0.4) is 0 Å². The molecule has 0 aromatic carbocycles. The summed E-state index contributed by atoms with van der Waals surface area (Å²) in [6.45, 7) is 0. The number of nitrogens with one attached hydrogen (secondary N) is 1. The zero-order chi connectivity index (χ0) is 10.0. The molecule has 1 aromatic heterocycles. The first-order valence-corrected chi connectivity index (χ1v) is 4.64. The maximum atomic E-state index is 12.4. The summed E-state index contributed by atoms with van der Waals surface area (Å²) in [6.07, 6.45) is -1.51. The summed E-state index contributed by atoms with van der Waals surface area (Å²) < 4.78 is 25.1. The number of rotatable bonds is 2. The first-order valence-electron chi connectivity index (χ1n) is 3.32. The topological polar surface area (TPSA) is 32.9 Å². The Labute approximate surface area is 86.0 Å². The number of aromatic nitrogens is 1. The Morgan fingerprint density at radius 1 is 1.62 bits per heavy atom. The van der Waals surface area contributed by atoms with Gasteiger partial charge in [0.15, 0.2) is 0 Å². The van der Waals surface area contributed by atoms with Crippen molar-refractivity contribution in [2.45, 2.75) is 12.3 Å². The number of hydrogen-bond acceptors (Lipinski definition) is 1. The van der Waals surface area contributed by atoms with E-state index in [2.05, 4.69) is 20.9 Å². The van der Waals surface area contributed by atoms with Crippen molar-refractivity contribution in [3.63, 3.8) is 0 Å². The standard InChI is InChI=1S/C7H5BrClF2NO/c8-4-2-12-7(13)5(6(10)11)3(4)1-9/h2,6H,1H2,(H,12,13). The molecule has 0 aliphatic rings. The zero-order valence-electron chi connectivity index (χ0n) is 6.28. The Kier molecular flexibility index (Phi) is 3.44. The first-order chi connectivity index (χ1) is 6.07. The SMILES string of the molecule is O=c1[nH]cc(Br)c(CCl)c1C(F)F. The smallest absolute Gasteiger partial charge is 0.269 e. The second-order valence-electron chi connectivity index (χ2n) is 2.29. The molecule has 0 aliphatic carbocycles. The molecule has 0 saturated carbocycles. The van der Waals surface area contributed by atoms with Gasteiger partial charge in [-0.2, -0.15) is 0 Å². The lowest BCUT2D eigenvalue weighted by Crippen LogP contribution is -2.15. The van der Waals surface area contributed by atoms with Crippen LogP contribution in [-0.2, 0) is 5.88 Å². The van der Waals surface area contributed by atoms with E-state index in [0.717, 1.165) is 0 Å². The molecule has 0 atom stereocenters. The minimum atomic E-state index is -2.81. The Hall–Kier alpha value is -0.420. The van der Waals surface area contributed by atoms with Gasteiger partial charge in [-0.1, -0.05) is 0 Å². The highest BCUT2D eigenvalue weighted by atomic mass is 79.9. The van der Waals surface area contributed by atoms with Crippen molar-refractivity contribution in [1.82, 2.24) is 4.98 Å². The van der Waals surface area contributed by atoms with E-state index in [0.29, 0.717) is 4.47 Å². The van der Waals surface area contributed by atoms with Crippen molar-refractivity contribution < 1.29 is 8.78 Å². The monoisotopic (exact) mass is 271 g/mol. The van der Waals surface area contributed by atoms with Crippen molar-refractivity contribution in [2.24, 2.45) is 0 Å². The molecule has 0 bridgehead atoms. The van der Waals surface area contributed by atoms with Gasteiger partial charge in [0.1, 0.15) is 0 Å². The molecule has 0 spiro atoms. The summed E-state index contributed by atoms with van der Waals surface area (Å²) in [4.78, 5) is 13.2. The molecule has 0 fully saturated rings. The third-order valence-electron chi connectivity index (χ3n) is 1.54. The molecule has 13 heavy (non-hydrogen) atoms. The molecule has 1 aromatic rings. The second kappa shape index (κ2) is 4.19. The number of H-pyrrole nitrogens is 1. The van der Waals surface area contributed by atoms with Crippen molar-refractivity contribution >= 4 is 27.5 Å². The molecule has 2 nitrogen and oxygen atoms in total. The summed E-state index contributed by atoms with van der Waals surface area (Å²) in [5.74, 6) is -0.121. The van der Waals surface area contributed by atoms with Gasteiger partial charge in [-0.05, 0) is 21.5 Å². The predicted molar refractivity (Wildman–Crippen MR) is 49.3 cm³/mol. The van der Waals surface area contributed by atoms with Gasteiger partial charge >= 0.3 is 0 Å². The lowest BCUT2D eigenvalue weighted by atomic mass is 10.2. The lowest BCUT2D eigenvalue weighted by molar-refractivity contribution is 0.148. The molecule has 1 heterocycles. The van der Waals surface area contributed by atoms with Crippen molar-refractivity contribution in [3.05, 3.63) is 32.2 Å². The number of pyridine rings is 1. The van der Waals surface area contributed by atoms with Crippen LogP contribution in [0.5, 0.6) is 0 Å². The van der Waals surface area contributed by atoms with E-state index in [4.69, 9.17) is 11.6 Å². The molecule has 1 rings (SSSR count). The van der Waals surface area contributed by atoms with Crippen molar-refractivity contribution in [3.8, 4) is 0 Å². The molecule has 0 saturated heterocycles. The van der Waals surface area contributed by atoms with Gasteiger partial charge in [0, 0.05) is 16.5 Å². The van der Waals surface area contributed by atoms with Crippen LogP contribution in [0.25, 0.3) is 0 Å². The third-order valence-corrected chi connectivity index (χ3v) is 2.51. The minimum absolute atomic E-state index is 0.121. The normalized spacial score (nSPS) is 10.8. The van der Waals surface area contributed by atoms with Gasteiger partial charge in [0.05, 0.1) is 5.56 Å². The molecule has 6 heteroatoms. The Morgan fingerprint density at radius 2 is 2.23 bits per heavy atom. The number of alkyl halides is 3. The largest absolute Gasteiger partial charge is 0.328 e. The van der Waals surface area contributed by atoms with E-state index in [1.54, 1.807) is 0 Å². The van der Waals surface area contributed by atoms with Gasteiger partial charge in [0.2, 0.25) is 0 Å². The summed E-state index contributed by atoms with van der Waals surface area (Å²) >= 11 is 8.46. The molecule has 72 valence electrons. The Bertz CT molecular complexity index is 366. The van der Waals surface area contributed by atoms with E-state index in [9.17, 15) is 13.6 Å². The third kappa shape index (κ3) is 2.08. The highest BCUT2D eigenvalue weighted by Crippen LogP contribution is 2.25. The van der Waals surface area contributed by atoms with E-state index in [1.165, 1.54) is 6.20 Å². The van der Waals surface area contributed by atoms with Crippen LogP contribution in [0.4, 0.5) is 8.78 Å². The van der Waals surface area contributed by atoms with Gasteiger partial charge < -0.3 is 4.98 Å². The quantitative estimate of drug-likeness (QED) is 0.825. The Morgan fingerprint density at radius 3 is 2.62 bits per heavy atom. The highest BCUT2D eigenvalue weighted by Gasteiger charge is 2.18. The molecule has 1 N–H and O–H groups in total. The molecule has 0 aliphatic heterocycles. The molecule has 0 radical (unpaired) electrons. The number of halogens is 4. The average Bonchev–Trinajstić information content (AvgIpc) is 2.07. The molecular weight excluding hydrogens is 267 g/mol. The van der Waals surface area contributed by atoms with Crippen LogP contribution < -0.4 is 5.56 Å². The van der Waals surface area contributed by atoms with Crippen LogP contribution in [0, 0.1) is 0 Å². The van der Waals surface area contributed by atoms with Crippen molar-refractivity contribution in [2.75, 3.05) is 0 Å². The molecule has 0 unspecified atom stereocenters.